The van der Waals surface area contributed by atoms with Crippen LogP contribution in [0.15, 0.2) is 5.38 Å². The summed E-state index contributed by atoms with van der Waals surface area (Å²) in [4.78, 5) is 15.4. The number of sulfonamides is 1. The lowest BCUT2D eigenvalue weighted by atomic mass is 10.4. The minimum Gasteiger partial charge on any atom is -0.350 e. The van der Waals surface area contributed by atoms with Crippen molar-refractivity contribution >= 4 is 27.3 Å². The number of carbonyl (C=O) groups excluding carboxylic acids is 1. The number of rotatable bonds is 5. The molecule has 0 atom stereocenters. The van der Waals surface area contributed by atoms with E-state index in [2.05, 4.69) is 10.3 Å². The number of thiazole rings is 1. The average molecular weight is 264 g/mol. The Kier molecular flexibility index (Phi) is 4.35. The molecule has 90 valence electrons. The summed E-state index contributed by atoms with van der Waals surface area (Å²) >= 11 is 1.28. The number of amides is 1. The highest BCUT2D eigenvalue weighted by atomic mass is 32.2. The average Bonchev–Trinajstić information content (AvgIpc) is 2.63. The zero-order valence-electron chi connectivity index (χ0n) is 8.34. The van der Waals surface area contributed by atoms with Crippen LogP contribution in [0.4, 0.5) is 0 Å². The Hall–Kier alpha value is -1.03. The van der Waals surface area contributed by atoms with Gasteiger partial charge in [-0.1, -0.05) is 0 Å². The predicted octanol–water partition coefficient (Wildman–Crippen LogP) is -1.38. The Morgan fingerprint density at radius 3 is 2.75 bits per heavy atom. The van der Waals surface area contributed by atoms with Crippen molar-refractivity contribution in [2.24, 2.45) is 10.9 Å². The number of aromatic nitrogens is 1. The second-order valence-electron chi connectivity index (χ2n) is 2.95. The molecule has 9 heteroatoms. The smallest absolute Gasteiger partial charge is 0.270 e. The first-order chi connectivity index (χ1) is 7.42. The van der Waals surface area contributed by atoms with Gasteiger partial charge in [-0.3, -0.25) is 4.79 Å². The summed E-state index contributed by atoms with van der Waals surface area (Å²) in [6.45, 7) is 0.238. The van der Waals surface area contributed by atoms with Crippen LogP contribution in [0, 0.1) is 0 Å². The van der Waals surface area contributed by atoms with Gasteiger partial charge in [-0.25, -0.2) is 18.5 Å². The molecule has 0 radical (unpaired) electrons. The zero-order chi connectivity index (χ0) is 12.2. The van der Waals surface area contributed by atoms with Gasteiger partial charge in [0, 0.05) is 18.5 Å². The van der Waals surface area contributed by atoms with E-state index in [-0.39, 0.29) is 24.5 Å². The van der Waals surface area contributed by atoms with Gasteiger partial charge in [0.25, 0.3) is 5.91 Å². The molecule has 0 spiro atoms. The Morgan fingerprint density at radius 2 is 2.25 bits per heavy atom. The first-order valence-corrected chi connectivity index (χ1v) is 6.95. The van der Waals surface area contributed by atoms with Crippen LogP contribution in [-0.2, 0) is 16.6 Å². The molecule has 0 aromatic carbocycles. The molecule has 1 aromatic heterocycles. The van der Waals surface area contributed by atoms with E-state index in [1.807, 2.05) is 0 Å². The highest BCUT2D eigenvalue weighted by Gasteiger charge is 2.10. The largest absolute Gasteiger partial charge is 0.350 e. The van der Waals surface area contributed by atoms with E-state index in [1.165, 1.54) is 11.3 Å². The van der Waals surface area contributed by atoms with Crippen molar-refractivity contribution in [2.45, 2.75) is 6.54 Å². The molecule has 0 unspecified atom stereocenters. The number of nitrogens with one attached hydrogen (secondary N) is 1. The standard InChI is InChI=1S/C7H12N4O3S2/c8-3-6-11-5(4-15-6)7(12)10-1-2-16(9,13)14/h4H,1-3,8H2,(H,10,12)(H2,9,13,14). The van der Waals surface area contributed by atoms with Gasteiger partial charge in [0.15, 0.2) is 0 Å². The second-order valence-corrected chi connectivity index (χ2v) is 5.63. The number of nitrogens with two attached hydrogens (primary N) is 2. The molecular weight excluding hydrogens is 252 g/mol. The van der Waals surface area contributed by atoms with E-state index in [4.69, 9.17) is 10.9 Å². The number of hydrogen-bond acceptors (Lipinski definition) is 6. The third-order valence-corrected chi connectivity index (χ3v) is 3.28. The van der Waals surface area contributed by atoms with Crippen LogP contribution < -0.4 is 16.2 Å². The third-order valence-electron chi connectivity index (χ3n) is 1.63. The molecule has 0 aliphatic rings. The maximum atomic E-state index is 11.4. The van der Waals surface area contributed by atoms with Crippen LogP contribution in [0.1, 0.15) is 15.5 Å². The summed E-state index contributed by atoms with van der Waals surface area (Å²) in [5.74, 6) is -0.730. The molecule has 16 heavy (non-hydrogen) atoms. The zero-order valence-corrected chi connectivity index (χ0v) is 9.97. The van der Waals surface area contributed by atoms with Crippen molar-refractivity contribution < 1.29 is 13.2 Å². The maximum absolute atomic E-state index is 11.4. The Balaban J connectivity index is 2.47. The minimum atomic E-state index is -3.55. The Bertz CT molecular complexity index is 468. The summed E-state index contributed by atoms with van der Waals surface area (Å²) in [5, 5.41) is 9.39. The van der Waals surface area contributed by atoms with Crippen molar-refractivity contribution in [3.8, 4) is 0 Å². The fraction of sp³-hybridized carbons (Fsp3) is 0.429. The summed E-state index contributed by atoms with van der Waals surface area (Å²) in [7, 11) is -3.55. The topological polar surface area (TPSA) is 128 Å². The Labute approximate surface area is 96.9 Å². The van der Waals surface area contributed by atoms with Crippen LogP contribution in [-0.4, -0.2) is 31.6 Å². The number of nitrogens with zero attached hydrogens (tertiary/aromatic N) is 1. The van der Waals surface area contributed by atoms with Gasteiger partial charge < -0.3 is 11.1 Å². The molecule has 0 saturated heterocycles. The molecule has 0 bridgehead atoms. The van der Waals surface area contributed by atoms with E-state index in [1.54, 1.807) is 5.38 Å². The lowest BCUT2D eigenvalue weighted by molar-refractivity contribution is 0.0951. The monoisotopic (exact) mass is 264 g/mol. The molecule has 0 saturated carbocycles. The van der Waals surface area contributed by atoms with Crippen molar-refractivity contribution in [2.75, 3.05) is 12.3 Å². The third kappa shape index (κ3) is 4.23. The second kappa shape index (κ2) is 5.34. The van der Waals surface area contributed by atoms with E-state index in [9.17, 15) is 13.2 Å². The first kappa shape index (κ1) is 13.0. The van der Waals surface area contributed by atoms with Gasteiger partial charge in [0.2, 0.25) is 10.0 Å². The highest BCUT2D eigenvalue weighted by molar-refractivity contribution is 7.89. The molecule has 7 nitrogen and oxygen atoms in total. The number of carbonyl (C=O) groups is 1. The lowest BCUT2D eigenvalue weighted by Gasteiger charge is -2.01. The molecule has 1 heterocycles. The van der Waals surface area contributed by atoms with E-state index < -0.39 is 15.9 Å². The molecule has 1 rings (SSSR count). The fourth-order valence-electron chi connectivity index (χ4n) is 0.906. The number of hydrogen-bond donors (Lipinski definition) is 3. The fourth-order valence-corrected chi connectivity index (χ4v) is 1.95. The van der Waals surface area contributed by atoms with Crippen molar-refractivity contribution in [3.63, 3.8) is 0 Å². The van der Waals surface area contributed by atoms with Gasteiger partial charge in [0.1, 0.15) is 10.7 Å². The molecule has 0 aliphatic carbocycles. The van der Waals surface area contributed by atoms with Gasteiger partial charge in [-0.2, -0.15) is 0 Å². The minimum absolute atomic E-state index is 0.0346. The summed E-state index contributed by atoms with van der Waals surface area (Å²) in [6, 6.07) is 0. The predicted molar refractivity (Wildman–Crippen MR) is 60.3 cm³/mol. The quantitative estimate of drug-likeness (QED) is 0.603. The van der Waals surface area contributed by atoms with Gasteiger partial charge >= 0.3 is 0 Å². The lowest BCUT2D eigenvalue weighted by Crippen LogP contribution is -2.31. The normalized spacial score (nSPS) is 11.4. The van der Waals surface area contributed by atoms with E-state index in [0.717, 1.165) is 0 Å². The summed E-state index contributed by atoms with van der Waals surface area (Å²) < 4.78 is 21.2. The summed E-state index contributed by atoms with van der Waals surface area (Å²) in [5.41, 5.74) is 5.58. The number of primary sulfonamides is 1. The Morgan fingerprint density at radius 1 is 1.56 bits per heavy atom. The van der Waals surface area contributed by atoms with Crippen LogP contribution >= 0.6 is 11.3 Å². The van der Waals surface area contributed by atoms with Gasteiger partial charge in [-0.05, 0) is 0 Å². The van der Waals surface area contributed by atoms with E-state index in [0.29, 0.717) is 5.01 Å². The highest BCUT2D eigenvalue weighted by Crippen LogP contribution is 2.08. The SMILES string of the molecule is NCc1nc(C(=O)NCCS(N)(=O)=O)cs1. The van der Waals surface area contributed by atoms with Gasteiger partial charge in [-0.15, -0.1) is 11.3 Å². The molecule has 0 fully saturated rings. The van der Waals surface area contributed by atoms with E-state index >= 15 is 0 Å². The van der Waals surface area contributed by atoms with Crippen LogP contribution in [0.2, 0.25) is 0 Å². The van der Waals surface area contributed by atoms with Crippen LogP contribution in [0.25, 0.3) is 0 Å². The van der Waals surface area contributed by atoms with Crippen LogP contribution in [0.5, 0.6) is 0 Å². The van der Waals surface area contributed by atoms with Crippen LogP contribution in [0.3, 0.4) is 0 Å². The molecule has 0 aliphatic heterocycles. The van der Waals surface area contributed by atoms with Crippen molar-refractivity contribution in [1.82, 2.24) is 10.3 Å². The maximum Gasteiger partial charge on any atom is 0.270 e. The molecule has 1 aromatic rings. The molecule has 5 N–H and O–H groups in total. The molecule has 1 amide bonds. The van der Waals surface area contributed by atoms with Crippen molar-refractivity contribution in [3.05, 3.63) is 16.1 Å². The van der Waals surface area contributed by atoms with Gasteiger partial charge in [0.05, 0.1) is 5.75 Å². The first-order valence-electron chi connectivity index (χ1n) is 4.35. The molecular formula is C7H12N4O3S2. The summed E-state index contributed by atoms with van der Waals surface area (Å²) in [6.07, 6.45) is 0. The van der Waals surface area contributed by atoms with Crippen molar-refractivity contribution in [1.29, 1.82) is 0 Å².